The summed E-state index contributed by atoms with van der Waals surface area (Å²) in [6, 6.07) is 4.09. The molecule has 0 spiro atoms. The van der Waals surface area contributed by atoms with Gasteiger partial charge in [-0.15, -0.1) is 0 Å². The van der Waals surface area contributed by atoms with Gasteiger partial charge in [0.05, 0.1) is 20.8 Å². The fraction of sp³-hybridized carbons (Fsp3) is 0.565. The molecule has 0 aromatic carbocycles. The van der Waals surface area contributed by atoms with Crippen molar-refractivity contribution in [1.29, 1.82) is 0 Å². The Labute approximate surface area is 199 Å². The summed E-state index contributed by atoms with van der Waals surface area (Å²) in [4.78, 5) is 9.31. The number of ether oxygens (including phenoxy) is 1. The molecule has 0 amide bonds. The number of rotatable bonds is 6. The van der Waals surface area contributed by atoms with Gasteiger partial charge in [-0.05, 0) is 68.9 Å². The van der Waals surface area contributed by atoms with Gasteiger partial charge in [-0.2, -0.15) is 0 Å². The molecule has 1 saturated carbocycles. The Morgan fingerprint density at radius 1 is 0.935 bits per heavy atom. The van der Waals surface area contributed by atoms with Gasteiger partial charge in [-0.25, -0.2) is 4.98 Å². The topological polar surface area (TPSA) is 73.1 Å². The number of nitrogens with one attached hydrogen (secondary N) is 1. The average molecular weight is 484 g/mol. The molecule has 1 aliphatic heterocycles. The molecule has 4 rings (SSSR count). The standard InChI is InChI=1S/C23H29Cl3N4O/c24-19-11-20(25)23(29-12-15-5-7-31-8-6-15)30-22(19)18-10-17(28-13-21(18)26)9-14-1-3-16(27)4-2-14/h10-11,13-16H,1-9,12,27H2,(H,29,30). The lowest BCUT2D eigenvalue weighted by molar-refractivity contribution is 0.0699. The van der Waals surface area contributed by atoms with Crippen LogP contribution in [-0.2, 0) is 11.2 Å². The minimum absolute atomic E-state index is 0.342. The van der Waals surface area contributed by atoms with Crippen LogP contribution in [0.15, 0.2) is 18.3 Å². The van der Waals surface area contributed by atoms with Crippen molar-refractivity contribution in [3.63, 3.8) is 0 Å². The van der Waals surface area contributed by atoms with E-state index in [0.29, 0.717) is 44.5 Å². The summed E-state index contributed by atoms with van der Waals surface area (Å²) in [6.45, 7) is 2.42. The number of pyridine rings is 2. The van der Waals surface area contributed by atoms with E-state index in [2.05, 4.69) is 10.3 Å². The van der Waals surface area contributed by atoms with E-state index < -0.39 is 0 Å². The molecule has 0 atom stereocenters. The number of anilines is 1. The van der Waals surface area contributed by atoms with Gasteiger partial charge in [0.15, 0.2) is 0 Å². The van der Waals surface area contributed by atoms with E-state index in [1.165, 1.54) is 0 Å². The van der Waals surface area contributed by atoms with Crippen molar-refractivity contribution in [3.05, 3.63) is 39.1 Å². The first-order valence-corrected chi connectivity index (χ1v) is 12.2. The molecule has 168 valence electrons. The van der Waals surface area contributed by atoms with Crippen molar-refractivity contribution in [2.45, 2.75) is 51.0 Å². The van der Waals surface area contributed by atoms with Gasteiger partial charge in [0.25, 0.3) is 0 Å². The number of hydrogen-bond acceptors (Lipinski definition) is 5. The molecule has 1 aliphatic carbocycles. The van der Waals surface area contributed by atoms with Crippen LogP contribution in [-0.4, -0.2) is 35.8 Å². The molecular weight excluding hydrogens is 455 g/mol. The van der Waals surface area contributed by atoms with Crippen LogP contribution in [0.3, 0.4) is 0 Å². The lowest BCUT2D eigenvalue weighted by Crippen LogP contribution is -2.27. The van der Waals surface area contributed by atoms with Crippen LogP contribution in [0, 0.1) is 11.8 Å². The third-order valence-corrected chi connectivity index (χ3v) is 7.26. The van der Waals surface area contributed by atoms with Crippen LogP contribution in [0.25, 0.3) is 11.3 Å². The second-order valence-corrected chi connectivity index (χ2v) is 9.95. The van der Waals surface area contributed by atoms with Crippen LogP contribution < -0.4 is 11.1 Å². The first-order valence-electron chi connectivity index (χ1n) is 11.1. The van der Waals surface area contributed by atoms with E-state index in [9.17, 15) is 0 Å². The summed E-state index contributed by atoms with van der Waals surface area (Å²) in [5.74, 6) is 1.78. The van der Waals surface area contributed by atoms with Gasteiger partial charge in [0.2, 0.25) is 0 Å². The summed E-state index contributed by atoms with van der Waals surface area (Å²) in [5.41, 5.74) is 8.46. The number of halogens is 3. The predicted octanol–water partition coefficient (Wildman–Crippen LogP) is 6.00. The van der Waals surface area contributed by atoms with Gasteiger partial charge in [0, 0.05) is 43.3 Å². The number of aromatic nitrogens is 2. The molecule has 2 aromatic rings. The van der Waals surface area contributed by atoms with Crippen molar-refractivity contribution >= 4 is 40.6 Å². The maximum Gasteiger partial charge on any atom is 0.145 e. The molecule has 8 heteroatoms. The minimum Gasteiger partial charge on any atom is -0.381 e. The van der Waals surface area contributed by atoms with Crippen molar-refractivity contribution in [1.82, 2.24) is 9.97 Å². The third kappa shape index (κ3) is 6.02. The van der Waals surface area contributed by atoms with E-state index in [0.717, 1.165) is 76.0 Å². The van der Waals surface area contributed by atoms with Gasteiger partial charge < -0.3 is 15.8 Å². The second kappa shape index (κ2) is 10.7. The fourth-order valence-corrected chi connectivity index (χ4v) is 5.15. The third-order valence-electron chi connectivity index (χ3n) is 6.38. The normalized spacial score (nSPS) is 22.5. The van der Waals surface area contributed by atoms with Gasteiger partial charge >= 0.3 is 0 Å². The van der Waals surface area contributed by atoms with Crippen LogP contribution in [0.4, 0.5) is 5.82 Å². The lowest BCUT2D eigenvalue weighted by Gasteiger charge is -2.25. The Morgan fingerprint density at radius 2 is 1.68 bits per heavy atom. The van der Waals surface area contributed by atoms with E-state index in [1.54, 1.807) is 12.3 Å². The van der Waals surface area contributed by atoms with E-state index in [-0.39, 0.29) is 0 Å². The molecule has 2 aliphatic rings. The quantitative estimate of drug-likeness (QED) is 0.527. The van der Waals surface area contributed by atoms with Crippen molar-refractivity contribution < 1.29 is 4.74 Å². The summed E-state index contributed by atoms with van der Waals surface area (Å²) >= 11 is 19.5. The fourth-order valence-electron chi connectivity index (χ4n) is 4.43. The highest BCUT2D eigenvalue weighted by Crippen LogP contribution is 2.37. The summed E-state index contributed by atoms with van der Waals surface area (Å²) in [6.07, 6.45) is 9.13. The summed E-state index contributed by atoms with van der Waals surface area (Å²) in [5, 5.41) is 4.91. The number of nitrogens with zero attached hydrogens (tertiary/aromatic N) is 2. The van der Waals surface area contributed by atoms with Crippen LogP contribution >= 0.6 is 34.8 Å². The highest BCUT2D eigenvalue weighted by atomic mass is 35.5. The molecule has 31 heavy (non-hydrogen) atoms. The first kappa shape index (κ1) is 23.1. The molecule has 3 N–H and O–H groups in total. The van der Waals surface area contributed by atoms with E-state index in [1.807, 2.05) is 6.07 Å². The Balaban J connectivity index is 1.53. The van der Waals surface area contributed by atoms with Crippen LogP contribution in [0.2, 0.25) is 15.1 Å². The molecule has 1 saturated heterocycles. The second-order valence-electron chi connectivity index (χ2n) is 8.73. The average Bonchev–Trinajstić information content (AvgIpc) is 2.77. The Kier molecular flexibility index (Phi) is 7.94. The van der Waals surface area contributed by atoms with Crippen LogP contribution in [0.1, 0.15) is 44.2 Å². The molecule has 2 fully saturated rings. The van der Waals surface area contributed by atoms with Gasteiger partial charge in [-0.1, -0.05) is 34.8 Å². The zero-order chi connectivity index (χ0) is 21.8. The molecule has 2 aromatic heterocycles. The van der Waals surface area contributed by atoms with Crippen molar-refractivity contribution in [2.24, 2.45) is 17.6 Å². The lowest BCUT2D eigenvalue weighted by atomic mass is 9.83. The Morgan fingerprint density at radius 3 is 2.42 bits per heavy atom. The Bertz CT molecular complexity index is 897. The summed E-state index contributed by atoms with van der Waals surface area (Å²) < 4.78 is 5.44. The zero-order valence-corrected chi connectivity index (χ0v) is 19.8. The van der Waals surface area contributed by atoms with Crippen molar-refractivity contribution in [2.75, 3.05) is 25.1 Å². The molecule has 0 bridgehead atoms. The first-order chi connectivity index (χ1) is 15.0. The predicted molar refractivity (Wildman–Crippen MR) is 128 cm³/mol. The highest BCUT2D eigenvalue weighted by Gasteiger charge is 2.21. The smallest absolute Gasteiger partial charge is 0.145 e. The number of hydrogen-bond donors (Lipinski definition) is 2. The molecule has 0 unspecified atom stereocenters. The molecule has 3 heterocycles. The van der Waals surface area contributed by atoms with Crippen LogP contribution in [0.5, 0.6) is 0 Å². The molecular formula is C23H29Cl3N4O. The zero-order valence-electron chi connectivity index (χ0n) is 17.5. The largest absolute Gasteiger partial charge is 0.381 e. The molecule has 5 nitrogen and oxygen atoms in total. The monoisotopic (exact) mass is 482 g/mol. The number of nitrogens with two attached hydrogens (primary N) is 1. The van der Waals surface area contributed by atoms with Gasteiger partial charge in [-0.3, -0.25) is 4.98 Å². The Hall–Kier alpha value is -1.11. The minimum atomic E-state index is 0.342. The molecule has 0 radical (unpaired) electrons. The van der Waals surface area contributed by atoms with Gasteiger partial charge in [0.1, 0.15) is 5.82 Å². The van der Waals surface area contributed by atoms with E-state index >= 15 is 0 Å². The highest BCUT2D eigenvalue weighted by molar-refractivity contribution is 6.38. The van der Waals surface area contributed by atoms with Crippen molar-refractivity contribution in [3.8, 4) is 11.3 Å². The maximum absolute atomic E-state index is 6.53. The maximum atomic E-state index is 6.53. The SMILES string of the molecule is NC1CCC(Cc2cc(-c3nc(NCC4CCOCC4)c(Cl)cc3Cl)c(Cl)cn2)CC1. The van der Waals surface area contributed by atoms with E-state index in [4.69, 9.17) is 50.3 Å². The summed E-state index contributed by atoms with van der Waals surface area (Å²) in [7, 11) is 0.